The van der Waals surface area contributed by atoms with Gasteiger partial charge in [0, 0.05) is 38.9 Å². The van der Waals surface area contributed by atoms with Crippen molar-refractivity contribution in [2.75, 3.05) is 26.7 Å². The summed E-state index contributed by atoms with van der Waals surface area (Å²) in [5.41, 5.74) is 0.997. The number of benzene rings is 1. The maximum atomic E-state index is 13.2. The zero-order valence-electron chi connectivity index (χ0n) is 17.5. The molecule has 1 aromatic heterocycles. The molecular formula is C22H30FIN4O2. The third kappa shape index (κ3) is 6.80. The zero-order chi connectivity index (χ0) is 20.6. The molecule has 1 fully saturated rings. The lowest BCUT2D eigenvalue weighted by molar-refractivity contribution is -0.0605. The second kappa shape index (κ2) is 12.0. The molecule has 0 saturated carbocycles. The summed E-state index contributed by atoms with van der Waals surface area (Å²) < 4.78 is 21.0. The summed E-state index contributed by atoms with van der Waals surface area (Å²) in [5.74, 6) is 0.592. The van der Waals surface area contributed by atoms with Crippen LogP contribution >= 0.6 is 24.0 Å². The van der Waals surface area contributed by atoms with Gasteiger partial charge in [0.1, 0.15) is 11.9 Å². The second-order valence-corrected chi connectivity index (χ2v) is 7.31. The molecule has 2 atom stereocenters. The summed E-state index contributed by atoms with van der Waals surface area (Å²) in [7, 11) is 1.78. The first-order valence-electron chi connectivity index (χ1n) is 10.1. The number of rotatable bonds is 6. The highest BCUT2D eigenvalue weighted by Gasteiger charge is 2.28. The molecule has 1 aromatic carbocycles. The third-order valence-electron chi connectivity index (χ3n) is 5.02. The van der Waals surface area contributed by atoms with Crippen molar-refractivity contribution >= 4 is 29.9 Å². The molecule has 0 bridgehead atoms. The fourth-order valence-corrected chi connectivity index (χ4v) is 3.57. The number of pyridine rings is 1. The van der Waals surface area contributed by atoms with Crippen LogP contribution in [-0.4, -0.2) is 48.2 Å². The Bertz CT molecular complexity index is 872. The van der Waals surface area contributed by atoms with E-state index < -0.39 is 0 Å². The number of guanidine groups is 1. The van der Waals surface area contributed by atoms with Gasteiger partial charge in [0.15, 0.2) is 5.96 Å². The number of hydrogen-bond acceptors (Lipinski definition) is 3. The summed E-state index contributed by atoms with van der Waals surface area (Å²) in [6.07, 6.45) is 3.58. The smallest absolute Gasteiger partial charge is 0.250 e. The fourth-order valence-electron chi connectivity index (χ4n) is 3.57. The lowest BCUT2D eigenvalue weighted by Crippen LogP contribution is -2.50. The average molecular weight is 528 g/mol. The van der Waals surface area contributed by atoms with Gasteiger partial charge in [0.05, 0.1) is 12.6 Å². The van der Waals surface area contributed by atoms with Crippen molar-refractivity contribution in [1.29, 1.82) is 0 Å². The van der Waals surface area contributed by atoms with Gasteiger partial charge in [-0.3, -0.25) is 9.79 Å². The quantitative estimate of drug-likeness (QED) is 0.270. The molecule has 3 rings (SSSR count). The molecule has 8 heteroatoms. The van der Waals surface area contributed by atoms with Crippen LogP contribution in [0.25, 0.3) is 0 Å². The number of hydrogen-bond donors (Lipinski definition) is 1. The van der Waals surface area contributed by atoms with Crippen molar-refractivity contribution in [2.45, 2.75) is 38.5 Å². The molecular weight excluding hydrogens is 498 g/mol. The maximum absolute atomic E-state index is 13.2. The van der Waals surface area contributed by atoms with E-state index in [0.717, 1.165) is 37.5 Å². The number of aliphatic imine (C=N–C) groups is 1. The number of nitrogens with one attached hydrogen (secondary N) is 1. The highest BCUT2D eigenvalue weighted by molar-refractivity contribution is 14.0. The number of nitrogens with zero attached hydrogens (tertiary/aromatic N) is 3. The molecule has 30 heavy (non-hydrogen) atoms. The van der Waals surface area contributed by atoms with Crippen molar-refractivity contribution in [3.63, 3.8) is 0 Å². The summed E-state index contributed by atoms with van der Waals surface area (Å²) in [6.45, 7) is 4.93. The van der Waals surface area contributed by atoms with E-state index in [1.807, 2.05) is 19.2 Å². The van der Waals surface area contributed by atoms with Crippen molar-refractivity contribution in [2.24, 2.45) is 4.99 Å². The van der Waals surface area contributed by atoms with Crippen molar-refractivity contribution in [3.05, 3.63) is 70.4 Å². The summed E-state index contributed by atoms with van der Waals surface area (Å²) in [6, 6.07) is 11.7. The number of halogens is 2. The molecule has 0 spiro atoms. The molecule has 0 radical (unpaired) electrons. The number of unbranched alkanes of at least 4 members (excludes halogenated alkanes) is 1. The Morgan fingerprint density at radius 3 is 2.67 bits per heavy atom. The van der Waals surface area contributed by atoms with E-state index in [0.29, 0.717) is 13.1 Å². The molecule has 2 heterocycles. The minimum atomic E-state index is -0.246. The Hall–Kier alpha value is -1.94. The molecule has 0 amide bonds. The standard InChI is InChI=1S/C22H29FN4O2.HI/c1-17-15-27(16-20(29-17)18-8-10-19(23)11-9-18)22(24-2)25-12-4-6-14-26-13-5-3-7-21(26)28;/h3,5,7-11,13,17,20H,4,6,12,14-16H2,1-2H3,(H,24,25);1H. The highest BCUT2D eigenvalue weighted by atomic mass is 127. The van der Waals surface area contributed by atoms with Gasteiger partial charge in [-0.2, -0.15) is 0 Å². The van der Waals surface area contributed by atoms with Gasteiger partial charge in [0.25, 0.3) is 0 Å². The van der Waals surface area contributed by atoms with Crippen LogP contribution in [-0.2, 0) is 11.3 Å². The van der Waals surface area contributed by atoms with Gasteiger partial charge in [-0.25, -0.2) is 4.39 Å². The Kier molecular flexibility index (Phi) is 9.77. The summed E-state index contributed by atoms with van der Waals surface area (Å²) >= 11 is 0. The SMILES string of the molecule is CN=C(NCCCCn1ccccc1=O)N1CC(C)OC(c2ccc(F)cc2)C1.I. The largest absolute Gasteiger partial charge is 0.367 e. The predicted molar refractivity (Wildman–Crippen MR) is 128 cm³/mol. The summed E-state index contributed by atoms with van der Waals surface area (Å²) in [4.78, 5) is 18.3. The third-order valence-corrected chi connectivity index (χ3v) is 5.02. The van der Waals surface area contributed by atoms with Gasteiger partial charge in [0.2, 0.25) is 5.56 Å². The Morgan fingerprint density at radius 2 is 1.97 bits per heavy atom. The van der Waals surface area contributed by atoms with E-state index in [1.54, 1.807) is 35.9 Å². The first-order valence-corrected chi connectivity index (χ1v) is 10.1. The van der Waals surface area contributed by atoms with E-state index in [4.69, 9.17) is 4.74 Å². The Balaban J connectivity index is 0.00000320. The van der Waals surface area contributed by atoms with Crippen LogP contribution in [0, 0.1) is 5.82 Å². The minimum Gasteiger partial charge on any atom is -0.367 e. The van der Waals surface area contributed by atoms with Crippen molar-refractivity contribution in [1.82, 2.24) is 14.8 Å². The monoisotopic (exact) mass is 528 g/mol. The number of aromatic nitrogens is 1. The van der Waals surface area contributed by atoms with E-state index in [-0.39, 0.29) is 47.6 Å². The van der Waals surface area contributed by atoms with Gasteiger partial charge in [-0.15, -0.1) is 24.0 Å². The van der Waals surface area contributed by atoms with Gasteiger partial charge in [-0.05, 0) is 43.5 Å². The fraction of sp³-hybridized carbons (Fsp3) is 0.455. The molecule has 6 nitrogen and oxygen atoms in total. The summed E-state index contributed by atoms with van der Waals surface area (Å²) in [5, 5.41) is 3.41. The number of ether oxygens (including phenoxy) is 1. The molecule has 0 aliphatic carbocycles. The normalized spacial score (nSPS) is 19.3. The van der Waals surface area contributed by atoms with Crippen LogP contribution in [0.2, 0.25) is 0 Å². The van der Waals surface area contributed by atoms with Gasteiger partial charge >= 0.3 is 0 Å². The lowest BCUT2D eigenvalue weighted by Gasteiger charge is -2.38. The van der Waals surface area contributed by atoms with Crippen LogP contribution in [0.3, 0.4) is 0 Å². The number of morpholine rings is 1. The molecule has 1 N–H and O–H groups in total. The molecule has 1 saturated heterocycles. The van der Waals surface area contributed by atoms with Crippen LogP contribution < -0.4 is 10.9 Å². The first-order chi connectivity index (χ1) is 14.1. The Labute approximate surface area is 194 Å². The maximum Gasteiger partial charge on any atom is 0.250 e. The zero-order valence-corrected chi connectivity index (χ0v) is 19.8. The van der Waals surface area contributed by atoms with Crippen LogP contribution in [0.4, 0.5) is 4.39 Å². The molecule has 2 unspecified atom stereocenters. The van der Waals surface area contributed by atoms with Gasteiger partial charge < -0.3 is 19.5 Å². The number of aryl methyl sites for hydroxylation is 1. The lowest BCUT2D eigenvalue weighted by atomic mass is 10.1. The molecule has 164 valence electrons. The van der Waals surface area contributed by atoms with Crippen molar-refractivity contribution in [3.8, 4) is 0 Å². The van der Waals surface area contributed by atoms with Gasteiger partial charge in [-0.1, -0.05) is 18.2 Å². The van der Waals surface area contributed by atoms with Crippen LogP contribution in [0.1, 0.15) is 31.4 Å². The minimum absolute atomic E-state index is 0. The van der Waals surface area contributed by atoms with Crippen molar-refractivity contribution < 1.29 is 9.13 Å². The average Bonchev–Trinajstić information content (AvgIpc) is 2.72. The first kappa shape index (κ1) is 24.3. The highest BCUT2D eigenvalue weighted by Crippen LogP contribution is 2.25. The molecule has 2 aromatic rings. The molecule has 1 aliphatic rings. The van der Waals surface area contributed by atoms with E-state index in [1.165, 1.54) is 12.1 Å². The van der Waals surface area contributed by atoms with Crippen LogP contribution in [0.5, 0.6) is 0 Å². The van der Waals surface area contributed by atoms with Crippen LogP contribution in [0.15, 0.2) is 58.4 Å². The van der Waals surface area contributed by atoms with E-state index in [9.17, 15) is 9.18 Å². The molecule has 1 aliphatic heterocycles. The van der Waals surface area contributed by atoms with E-state index in [2.05, 4.69) is 15.2 Å². The topological polar surface area (TPSA) is 58.9 Å². The van der Waals surface area contributed by atoms with E-state index >= 15 is 0 Å². The Morgan fingerprint density at radius 1 is 1.20 bits per heavy atom. The predicted octanol–water partition coefficient (Wildman–Crippen LogP) is 3.42. The second-order valence-electron chi connectivity index (χ2n) is 7.31.